The number of carbonyl (C=O) groups is 1. The van der Waals surface area contributed by atoms with E-state index in [9.17, 15) is 9.18 Å². The number of fused-ring (bicyclic) bond motifs is 1. The van der Waals surface area contributed by atoms with E-state index in [-0.39, 0.29) is 10.6 Å². The number of aromatic nitrogens is 1. The summed E-state index contributed by atoms with van der Waals surface area (Å²) in [6.45, 7) is 3.73. The maximum atomic E-state index is 13.7. The highest BCUT2D eigenvalue weighted by atomic mass is 35.5. The van der Waals surface area contributed by atoms with E-state index < -0.39 is 11.7 Å². The van der Waals surface area contributed by atoms with Crippen molar-refractivity contribution in [3.63, 3.8) is 0 Å². The Morgan fingerprint density at radius 1 is 1.24 bits per heavy atom. The van der Waals surface area contributed by atoms with Crippen LogP contribution in [0.3, 0.4) is 0 Å². The zero-order valence-electron chi connectivity index (χ0n) is 13.7. The number of hydrazone groups is 1. The molecule has 0 unspecified atom stereocenters. The van der Waals surface area contributed by atoms with E-state index in [4.69, 9.17) is 11.6 Å². The van der Waals surface area contributed by atoms with E-state index in [1.54, 1.807) is 19.1 Å². The van der Waals surface area contributed by atoms with Crippen molar-refractivity contribution in [1.29, 1.82) is 0 Å². The van der Waals surface area contributed by atoms with Gasteiger partial charge in [0.1, 0.15) is 5.82 Å². The fraction of sp³-hybridized carbons (Fsp3) is 0.105. The number of carbonyl (C=O) groups excluding carboxylic acids is 1. The van der Waals surface area contributed by atoms with Gasteiger partial charge in [-0.25, -0.2) is 9.82 Å². The molecule has 0 fully saturated rings. The van der Waals surface area contributed by atoms with Crippen LogP contribution in [0.2, 0.25) is 5.02 Å². The highest BCUT2D eigenvalue weighted by Crippen LogP contribution is 2.19. The first-order valence-electron chi connectivity index (χ1n) is 7.61. The second-order valence-electron chi connectivity index (χ2n) is 5.65. The van der Waals surface area contributed by atoms with Gasteiger partial charge in [0.05, 0.1) is 28.0 Å². The van der Waals surface area contributed by atoms with Gasteiger partial charge in [-0.1, -0.05) is 29.3 Å². The number of amides is 1. The predicted octanol–water partition coefficient (Wildman–Crippen LogP) is 4.41. The summed E-state index contributed by atoms with van der Waals surface area (Å²) < 4.78 is 13.7. The minimum atomic E-state index is -0.510. The third-order valence-corrected chi connectivity index (χ3v) is 4.09. The van der Waals surface area contributed by atoms with E-state index in [1.165, 1.54) is 18.3 Å². The molecule has 2 aromatic carbocycles. The van der Waals surface area contributed by atoms with Crippen LogP contribution < -0.4 is 5.43 Å². The number of pyridine rings is 1. The molecule has 0 spiro atoms. The fourth-order valence-electron chi connectivity index (χ4n) is 2.47. The van der Waals surface area contributed by atoms with Gasteiger partial charge in [0, 0.05) is 10.9 Å². The molecule has 4 nitrogen and oxygen atoms in total. The summed E-state index contributed by atoms with van der Waals surface area (Å²) in [7, 11) is 0. The van der Waals surface area contributed by atoms with Gasteiger partial charge in [-0.2, -0.15) is 5.10 Å². The summed E-state index contributed by atoms with van der Waals surface area (Å²) in [6.07, 6.45) is 1.18. The molecule has 0 saturated heterocycles. The number of nitrogens with one attached hydrogen (secondary N) is 1. The monoisotopic (exact) mass is 355 g/mol. The molecule has 1 heterocycles. The largest absolute Gasteiger partial charge is 0.273 e. The molecule has 126 valence electrons. The topological polar surface area (TPSA) is 54.4 Å². The van der Waals surface area contributed by atoms with Crippen LogP contribution >= 0.6 is 11.6 Å². The first kappa shape index (κ1) is 17.0. The molecule has 6 heteroatoms. The van der Waals surface area contributed by atoms with Crippen molar-refractivity contribution in [1.82, 2.24) is 10.4 Å². The van der Waals surface area contributed by atoms with Crippen molar-refractivity contribution in [2.45, 2.75) is 13.8 Å². The smallest absolute Gasteiger partial charge is 0.267 e. The molecule has 0 saturated carbocycles. The molecule has 0 radical (unpaired) electrons. The van der Waals surface area contributed by atoms with Gasteiger partial charge < -0.3 is 0 Å². The minimum absolute atomic E-state index is 0.119. The summed E-state index contributed by atoms with van der Waals surface area (Å²) in [5.41, 5.74) is 5.41. The molecule has 1 N–H and O–H groups in total. The zero-order chi connectivity index (χ0) is 18.0. The SMILES string of the molecule is Cc1ccc2nc(C)c(C(=O)N/N=C/c3c(F)cccc3Cl)cc2c1. The molecule has 0 atom stereocenters. The third kappa shape index (κ3) is 3.67. The first-order valence-corrected chi connectivity index (χ1v) is 7.99. The second kappa shape index (κ2) is 6.99. The van der Waals surface area contributed by atoms with E-state index in [0.29, 0.717) is 11.3 Å². The third-order valence-electron chi connectivity index (χ3n) is 3.76. The minimum Gasteiger partial charge on any atom is -0.267 e. The van der Waals surface area contributed by atoms with Crippen LogP contribution in [0.15, 0.2) is 47.6 Å². The lowest BCUT2D eigenvalue weighted by atomic mass is 10.1. The standard InChI is InChI=1S/C19H15ClFN3O/c1-11-6-7-18-13(8-11)9-14(12(2)23-18)19(25)24-22-10-15-16(20)4-3-5-17(15)21/h3-10H,1-2H3,(H,24,25)/b22-10+. The molecule has 0 aliphatic carbocycles. The Morgan fingerprint density at radius 3 is 2.80 bits per heavy atom. The van der Waals surface area contributed by atoms with E-state index >= 15 is 0 Å². The highest BCUT2D eigenvalue weighted by Gasteiger charge is 2.11. The number of aryl methyl sites for hydroxylation is 2. The number of benzene rings is 2. The number of hydrogen-bond donors (Lipinski definition) is 1. The van der Waals surface area contributed by atoms with Crippen molar-refractivity contribution < 1.29 is 9.18 Å². The number of hydrogen-bond acceptors (Lipinski definition) is 3. The summed E-state index contributed by atoms with van der Waals surface area (Å²) in [5, 5.41) is 4.89. The van der Waals surface area contributed by atoms with Gasteiger partial charge in [-0.05, 0) is 44.2 Å². The predicted molar refractivity (Wildman–Crippen MR) is 97.7 cm³/mol. The maximum absolute atomic E-state index is 13.7. The summed E-state index contributed by atoms with van der Waals surface area (Å²) in [4.78, 5) is 16.8. The van der Waals surface area contributed by atoms with Crippen LogP contribution in [0, 0.1) is 19.7 Å². The van der Waals surface area contributed by atoms with Crippen molar-refractivity contribution >= 4 is 34.6 Å². The van der Waals surface area contributed by atoms with Crippen LogP contribution in [0.25, 0.3) is 10.9 Å². The van der Waals surface area contributed by atoms with Gasteiger partial charge >= 0.3 is 0 Å². The Labute approximate surface area is 149 Å². The van der Waals surface area contributed by atoms with Crippen molar-refractivity contribution in [3.05, 3.63) is 75.7 Å². The second-order valence-corrected chi connectivity index (χ2v) is 6.06. The Morgan fingerprint density at radius 2 is 2.04 bits per heavy atom. The number of rotatable bonds is 3. The van der Waals surface area contributed by atoms with Gasteiger partial charge in [0.2, 0.25) is 0 Å². The van der Waals surface area contributed by atoms with E-state index in [1.807, 2.05) is 25.1 Å². The molecule has 0 aliphatic heterocycles. The molecular formula is C19H15ClFN3O. The van der Waals surface area contributed by atoms with Crippen molar-refractivity contribution in [3.8, 4) is 0 Å². The summed E-state index contributed by atoms with van der Waals surface area (Å²) in [5.74, 6) is -0.929. The zero-order valence-corrected chi connectivity index (χ0v) is 14.4. The molecule has 25 heavy (non-hydrogen) atoms. The molecule has 3 rings (SSSR count). The number of nitrogens with zero attached hydrogens (tertiary/aromatic N) is 2. The Hall–Kier alpha value is -2.79. The quantitative estimate of drug-likeness (QED) is 0.559. The average molecular weight is 356 g/mol. The molecule has 1 amide bonds. The molecule has 0 bridgehead atoms. The fourth-order valence-corrected chi connectivity index (χ4v) is 2.68. The van der Waals surface area contributed by atoms with E-state index in [2.05, 4.69) is 15.5 Å². The molecule has 3 aromatic rings. The average Bonchev–Trinajstić information content (AvgIpc) is 2.57. The van der Waals surface area contributed by atoms with Crippen LogP contribution in [-0.4, -0.2) is 17.1 Å². The normalized spacial score (nSPS) is 11.2. The Balaban J connectivity index is 1.85. The van der Waals surface area contributed by atoms with Crippen LogP contribution in [0.5, 0.6) is 0 Å². The lowest BCUT2D eigenvalue weighted by Crippen LogP contribution is -2.19. The summed E-state index contributed by atoms with van der Waals surface area (Å²) in [6, 6.07) is 11.9. The number of halogens is 2. The molecule has 0 aliphatic rings. The summed E-state index contributed by atoms with van der Waals surface area (Å²) >= 11 is 5.91. The van der Waals surface area contributed by atoms with Gasteiger partial charge in [0.25, 0.3) is 5.91 Å². The lowest BCUT2D eigenvalue weighted by molar-refractivity contribution is 0.0954. The van der Waals surface area contributed by atoms with Crippen LogP contribution in [0.4, 0.5) is 4.39 Å². The van der Waals surface area contributed by atoms with Crippen LogP contribution in [0.1, 0.15) is 27.2 Å². The molecule has 1 aromatic heterocycles. The van der Waals surface area contributed by atoms with Crippen LogP contribution in [-0.2, 0) is 0 Å². The van der Waals surface area contributed by atoms with Crippen molar-refractivity contribution in [2.75, 3.05) is 0 Å². The van der Waals surface area contributed by atoms with Gasteiger partial charge in [-0.3, -0.25) is 9.78 Å². The highest BCUT2D eigenvalue weighted by molar-refractivity contribution is 6.33. The van der Waals surface area contributed by atoms with Crippen molar-refractivity contribution in [2.24, 2.45) is 5.10 Å². The Kier molecular flexibility index (Phi) is 4.76. The first-order chi connectivity index (χ1) is 12.0. The van der Waals surface area contributed by atoms with Gasteiger partial charge in [-0.15, -0.1) is 0 Å². The van der Waals surface area contributed by atoms with E-state index in [0.717, 1.165) is 16.5 Å². The maximum Gasteiger partial charge on any atom is 0.273 e. The lowest BCUT2D eigenvalue weighted by Gasteiger charge is -2.07. The Bertz CT molecular complexity index is 981. The molecular weight excluding hydrogens is 341 g/mol. The van der Waals surface area contributed by atoms with Gasteiger partial charge in [0.15, 0.2) is 0 Å².